The second kappa shape index (κ2) is 3.96. The van der Waals surface area contributed by atoms with Crippen LogP contribution in [0.25, 0.3) is 0 Å². The zero-order valence-corrected chi connectivity index (χ0v) is 11.5. The Balaban J connectivity index is 1.74. The minimum atomic E-state index is 0.402. The highest BCUT2D eigenvalue weighted by atomic mass is 15.2. The van der Waals surface area contributed by atoms with Crippen molar-refractivity contribution in [1.29, 1.82) is 0 Å². The maximum atomic E-state index is 6.21. The monoisotopic (exact) mass is 236 g/mol. The van der Waals surface area contributed by atoms with E-state index in [2.05, 4.69) is 18.7 Å². The van der Waals surface area contributed by atoms with Crippen molar-refractivity contribution in [2.45, 2.75) is 57.9 Å². The smallest absolute Gasteiger partial charge is 0.0362 e. The number of piperidine rings is 1. The molecule has 3 unspecified atom stereocenters. The molecule has 0 aromatic rings. The molecule has 2 aliphatic carbocycles. The first-order valence-electron chi connectivity index (χ1n) is 7.51. The lowest BCUT2D eigenvalue weighted by molar-refractivity contribution is -0.00204. The van der Waals surface area contributed by atoms with Gasteiger partial charge in [-0.25, -0.2) is 0 Å². The van der Waals surface area contributed by atoms with E-state index in [1.54, 1.807) is 0 Å². The summed E-state index contributed by atoms with van der Waals surface area (Å²) in [6.45, 7) is 8.30. The van der Waals surface area contributed by atoms with Crippen LogP contribution in [-0.4, -0.2) is 30.1 Å². The van der Waals surface area contributed by atoms with E-state index < -0.39 is 0 Å². The Labute approximate surface area is 106 Å². The van der Waals surface area contributed by atoms with Crippen LogP contribution in [0.15, 0.2) is 0 Å². The van der Waals surface area contributed by atoms with Crippen molar-refractivity contribution in [1.82, 2.24) is 4.90 Å². The van der Waals surface area contributed by atoms with Gasteiger partial charge in [-0.3, -0.25) is 4.90 Å². The van der Waals surface area contributed by atoms with Crippen molar-refractivity contribution >= 4 is 0 Å². The van der Waals surface area contributed by atoms with Gasteiger partial charge in [-0.1, -0.05) is 20.3 Å². The van der Waals surface area contributed by atoms with Crippen LogP contribution in [0.4, 0.5) is 0 Å². The average molecular weight is 236 g/mol. The molecular weight excluding hydrogens is 208 g/mol. The Bertz CT molecular complexity index is 289. The molecular formula is C15H28N2. The molecule has 17 heavy (non-hydrogen) atoms. The number of likely N-dealkylation sites (tertiary alicyclic amines) is 1. The third-order valence-electron chi connectivity index (χ3n) is 6.04. The molecule has 3 atom stereocenters. The fourth-order valence-corrected chi connectivity index (χ4v) is 4.74. The second-order valence-electron chi connectivity index (χ2n) is 7.54. The first-order chi connectivity index (χ1) is 8.06. The number of nitrogens with zero attached hydrogens (tertiary/aromatic N) is 1. The van der Waals surface area contributed by atoms with E-state index in [0.717, 1.165) is 18.4 Å². The Morgan fingerprint density at radius 3 is 2.35 bits per heavy atom. The number of nitrogens with two attached hydrogens (primary N) is 1. The molecule has 98 valence electrons. The van der Waals surface area contributed by atoms with Gasteiger partial charge in [0, 0.05) is 12.1 Å². The molecule has 1 heterocycles. The van der Waals surface area contributed by atoms with E-state index in [1.807, 2.05) is 0 Å². The molecule has 3 fully saturated rings. The van der Waals surface area contributed by atoms with E-state index in [0.29, 0.717) is 11.0 Å². The predicted molar refractivity (Wildman–Crippen MR) is 71.8 cm³/mol. The highest BCUT2D eigenvalue weighted by molar-refractivity contribution is 5.09. The van der Waals surface area contributed by atoms with Crippen molar-refractivity contribution in [2.75, 3.05) is 19.6 Å². The van der Waals surface area contributed by atoms with Crippen molar-refractivity contribution < 1.29 is 0 Å². The van der Waals surface area contributed by atoms with E-state index in [1.165, 1.54) is 51.6 Å². The number of hydrogen-bond acceptors (Lipinski definition) is 2. The molecule has 3 aliphatic rings. The van der Waals surface area contributed by atoms with Crippen LogP contribution in [0.1, 0.15) is 52.4 Å². The van der Waals surface area contributed by atoms with Gasteiger partial charge < -0.3 is 5.73 Å². The molecule has 2 saturated carbocycles. The van der Waals surface area contributed by atoms with Crippen molar-refractivity contribution in [3.05, 3.63) is 0 Å². The van der Waals surface area contributed by atoms with Crippen LogP contribution in [-0.2, 0) is 0 Å². The van der Waals surface area contributed by atoms with Crippen LogP contribution in [0.2, 0.25) is 0 Å². The lowest BCUT2D eigenvalue weighted by Gasteiger charge is -2.50. The third kappa shape index (κ3) is 1.84. The zero-order chi connectivity index (χ0) is 12.1. The molecule has 2 N–H and O–H groups in total. The van der Waals surface area contributed by atoms with Gasteiger partial charge in [-0.15, -0.1) is 0 Å². The largest absolute Gasteiger partial charge is 0.329 e. The fourth-order valence-electron chi connectivity index (χ4n) is 4.74. The molecule has 0 aromatic heterocycles. The molecule has 3 rings (SSSR count). The summed E-state index contributed by atoms with van der Waals surface area (Å²) >= 11 is 0. The van der Waals surface area contributed by atoms with Crippen molar-refractivity contribution in [2.24, 2.45) is 23.0 Å². The maximum absolute atomic E-state index is 6.21. The predicted octanol–water partition coefficient (Wildman–Crippen LogP) is 2.63. The summed E-state index contributed by atoms with van der Waals surface area (Å²) in [5, 5.41) is 0. The van der Waals surface area contributed by atoms with Crippen LogP contribution in [0.3, 0.4) is 0 Å². The highest BCUT2D eigenvalue weighted by Crippen LogP contribution is 2.54. The number of fused-ring (bicyclic) bond motifs is 2. The van der Waals surface area contributed by atoms with Crippen LogP contribution in [0.5, 0.6) is 0 Å². The quantitative estimate of drug-likeness (QED) is 0.798. The summed E-state index contributed by atoms with van der Waals surface area (Å²) < 4.78 is 0. The van der Waals surface area contributed by atoms with E-state index in [-0.39, 0.29) is 0 Å². The van der Waals surface area contributed by atoms with Gasteiger partial charge in [0.25, 0.3) is 0 Å². The Morgan fingerprint density at radius 2 is 1.88 bits per heavy atom. The van der Waals surface area contributed by atoms with Crippen LogP contribution in [0, 0.1) is 17.3 Å². The minimum absolute atomic E-state index is 0.402. The van der Waals surface area contributed by atoms with Crippen LogP contribution < -0.4 is 5.73 Å². The van der Waals surface area contributed by atoms with E-state index >= 15 is 0 Å². The van der Waals surface area contributed by atoms with Crippen LogP contribution >= 0.6 is 0 Å². The van der Waals surface area contributed by atoms with Gasteiger partial charge in [0.1, 0.15) is 0 Å². The molecule has 2 bridgehead atoms. The highest BCUT2D eigenvalue weighted by Gasteiger charge is 2.53. The molecule has 2 heteroatoms. The zero-order valence-electron chi connectivity index (χ0n) is 11.5. The Kier molecular flexibility index (Phi) is 2.79. The van der Waals surface area contributed by atoms with E-state index in [9.17, 15) is 0 Å². The Morgan fingerprint density at radius 1 is 1.18 bits per heavy atom. The van der Waals surface area contributed by atoms with Gasteiger partial charge in [-0.05, 0) is 62.4 Å². The summed E-state index contributed by atoms with van der Waals surface area (Å²) in [5.74, 6) is 1.91. The summed E-state index contributed by atoms with van der Waals surface area (Å²) in [6.07, 6.45) is 8.50. The van der Waals surface area contributed by atoms with Crippen molar-refractivity contribution in [3.63, 3.8) is 0 Å². The lowest BCUT2D eigenvalue weighted by atomic mass is 9.75. The molecule has 0 spiro atoms. The first-order valence-corrected chi connectivity index (χ1v) is 7.51. The Hall–Kier alpha value is -0.0800. The minimum Gasteiger partial charge on any atom is -0.329 e. The van der Waals surface area contributed by atoms with Gasteiger partial charge in [0.05, 0.1) is 0 Å². The summed E-state index contributed by atoms with van der Waals surface area (Å²) in [6, 6.07) is 0. The third-order valence-corrected chi connectivity index (χ3v) is 6.04. The molecule has 0 radical (unpaired) electrons. The SMILES string of the molecule is CC1(C)CCN(C2(CN)CC3CCC2C3)CC1. The van der Waals surface area contributed by atoms with E-state index in [4.69, 9.17) is 5.73 Å². The summed E-state index contributed by atoms with van der Waals surface area (Å²) in [4.78, 5) is 2.78. The number of hydrogen-bond donors (Lipinski definition) is 1. The molecule has 1 aliphatic heterocycles. The molecule has 0 amide bonds. The fraction of sp³-hybridized carbons (Fsp3) is 1.00. The molecule has 1 saturated heterocycles. The maximum Gasteiger partial charge on any atom is 0.0362 e. The van der Waals surface area contributed by atoms with Gasteiger partial charge in [0.2, 0.25) is 0 Å². The van der Waals surface area contributed by atoms with Gasteiger partial charge >= 0.3 is 0 Å². The topological polar surface area (TPSA) is 29.3 Å². The normalized spacial score (nSPS) is 45.4. The average Bonchev–Trinajstić information content (AvgIpc) is 2.89. The molecule has 0 aromatic carbocycles. The number of rotatable bonds is 2. The first kappa shape index (κ1) is 12.0. The standard InChI is InChI=1S/C15H28N2/c1-14(2)5-7-17(8-6-14)15(11-16)10-12-3-4-13(15)9-12/h12-13H,3-11,16H2,1-2H3. The lowest BCUT2D eigenvalue weighted by Crippen LogP contribution is -2.59. The second-order valence-corrected chi connectivity index (χ2v) is 7.54. The summed E-state index contributed by atoms with van der Waals surface area (Å²) in [5.41, 5.74) is 7.17. The van der Waals surface area contributed by atoms with Gasteiger partial charge in [-0.2, -0.15) is 0 Å². The summed E-state index contributed by atoms with van der Waals surface area (Å²) in [7, 11) is 0. The molecule has 2 nitrogen and oxygen atoms in total. The van der Waals surface area contributed by atoms with Gasteiger partial charge in [0.15, 0.2) is 0 Å². The van der Waals surface area contributed by atoms with Crippen molar-refractivity contribution in [3.8, 4) is 0 Å².